The van der Waals surface area contributed by atoms with Crippen LogP contribution in [0.15, 0.2) is 54.6 Å². The Kier molecular flexibility index (Phi) is 4.73. The lowest BCUT2D eigenvalue weighted by molar-refractivity contribution is 0.0792. The van der Waals surface area contributed by atoms with Gasteiger partial charge in [-0.05, 0) is 30.2 Å². The van der Waals surface area contributed by atoms with Crippen LogP contribution in [0.1, 0.15) is 39.9 Å². The van der Waals surface area contributed by atoms with Crippen molar-refractivity contribution >= 4 is 16.8 Å². The van der Waals surface area contributed by atoms with E-state index < -0.39 is 0 Å². The number of hydrogen-bond acceptors (Lipinski definition) is 4. The number of amides is 1. The number of halogens is 1. The number of hydrazine groups is 1. The third kappa shape index (κ3) is 3.39. The van der Waals surface area contributed by atoms with E-state index in [1.54, 1.807) is 6.07 Å². The molecule has 1 unspecified atom stereocenters. The van der Waals surface area contributed by atoms with Crippen LogP contribution in [0.25, 0.3) is 10.9 Å². The number of fused-ring (bicyclic) bond motifs is 1. The number of rotatable bonds is 3. The fourth-order valence-electron chi connectivity index (χ4n) is 4.43. The van der Waals surface area contributed by atoms with Gasteiger partial charge in [0.2, 0.25) is 0 Å². The first kappa shape index (κ1) is 18.2. The van der Waals surface area contributed by atoms with E-state index in [9.17, 15) is 9.18 Å². The van der Waals surface area contributed by atoms with Crippen molar-refractivity contribution in [3.8, 4) is 0 Å². The molecule has 3 aromatic rings. The third-order valence-electron chi connectivity index (χ3n) is 6.03. The summed E-state index contributed by atoms with van der Waals surface area (Å²) in [6, 6.07) is 16.6. The van der Waals surface area contributed by atoms with Crippen molar-refractivity contribution in [2.45, 2.75) is 18.3 Å². The maximum Gasteiger partial charge on any atom is 0.254 e. The molecule has 1 aromatic heterocycles. The molecule has 0 aliphatic carbocycles. The molecule has 2 aromatic carbocycles. The van der Waals surface area contributed by atoms with Crippen molar-refractivity contribution in [1.82, 2.24) is 20.7 Å². The highest BCUT2D eigenvalue weighted by atomic mass is 19.1. The van der Waals surface area contributed by atoms with Gasteiger partial charge in [-0.25, -0.2) is 4.39 Å². The summed E-state index contributed by atoms with van der Waals surface area (Å²) in [6.07, 6.45) is 0.777. The molecule has 2 saturated heterocycles. The molecule has 148 valence electrons. The molecule has 1 atom stereocenters. The third-order valence-corrected chi connectivity index (χ3v) is 6.03. The highest BCUT2D eigenvalue weighted by Crippen LogP contribution is 2.31. The highest BCUT2D eigenvalue weighted by Gasteiger charge is 2.31. The van der Waals surface area contributed by atoms with Crippen LogP contribution in [-0.2, 0) is 0 Å². The van der Waals surface area contributed by atoms with Crippen molar-refractivity contribution in [3.63, 3.8) is 0 Å². The molecule has 0 radical (unpaired) electrons. The molecule has 2 aliphatic rings. The number of pyridine rings is 1. The monoisotopic (exact) mass is 390 g/mol. The largest absolute Gasteiger partial charge is 0.338 e. The quantitative estimate of drug-likeness (QED) is 0.721. The van der Waals surface area contributed by atoms with E-state index in [1.807, 2.05) is 47.4 Å². The van der Waals surface area contributed by atoms with Gasteiger partial charge in [0.15, 0.2) is 0 Å². The maximum atomic E-state index is 14.2. The molecule has 0 bridgehead atoms. The van der Waals surface area contributed by atoms with Gasteiger partial charge < -0.3 is 4.90 Å². The first-order chi connectivity index (χ1) is 14.2. The second kappa shape index (κ2) is 7.54. The summed E-state index contributed by atoms with van der Waals surface area (Å²) in [6.45, 7) is 2.75. The summed E-state index contributed by atoms with van der Waals surface area (Å²) in [7, 11) is 0. The Morgan fingerprint density at radius 1 is 1.03 bits per heavy atom. The Labute approximate surface area is 168 Å². The van der Waals surface area contributed by atoms with Gasteiger partial charge in [-0.15, -0.1) is 0 Å². The van der Waals surface area contributed by atoms with Crippen molar-refractivity contribution in [3.05, 3.63) is 77.2 Å². The minimum absolute atomic E-state index is 0.00241. The molecule has 2 aliphatic heterocycles. The zero-order valence-electron chi connectivity index (χ0n) is 16.1. The van der Waals surface area contributed by atoms with Gasteiger partial charge in [-0.3, -0.25) is 20.6 Å². The Balaban J connectivity index is 1.47. The Morgan fingerprint density at radius 2 is 1.79 bits per heavy atom. The van der Waals surface area contributed by atoms with Crippen molar-refractivity contribution in [2.24, 2.45) is 0 Å². The molecule has 2 N–H and O–H groups in total. The number of nitrogens with one attached hydrogen (secondary N) is 2. The summed E-state index contributed by atoms with van der Waals surface area (Å²) < 4.78 is 14.2. The van der Waals surface area contributed by atoms with Gasteiger partial charge >= 0.3 is 0 Å². The summed E-state index contributed by atoms with van der Waals surface area (Å²) in [5, 5.41) is 0.870. The Hall–Kier alpha value is -2.83. The number of benzene rings is 2. The van der Waals surface area contributed by atoms with Crippen LogP contribution in [0.2, 0.25) is 0 Å². The average Bonchev–Trinajstić information content (AvgIpc) is 3.45. The average molecular weight is 390 g/mol. The fraction of sp³-hybridized carbons (Fsp3) is 0.304. The number of aromatic nitrogens is 1. The first-order valence-corrected chi connectivity index (χ1v) is 10.1. The van der Waals surface area contributed by atoms with Gasteiger partial charge in [-0.2, -0.15) is 0 Å². The van der Waals surface area contributed by atoms with Crippen LogP contribution in [0.3, 0.4) is 0 Å². The van der Waals surface area contributed by atoms with E-state index in [1.165, 1.54) is 6.07 Å². The number of carbonyl (C=O) groups excluding carboxylic acids is 1. The first-order valence-electron chi connectivity index (χ1n) is 10.1. The standard InChI is InChI=1S/C23H23FN4O/c24-20-7-3-1-5-17(20)15-9-10-28(14-15)23(29)19-11-22(16-12-25-26-13-16)27-21-8-4-2-6-18(19)21/h1-8,11,15-16,25-26H,9-10,12-14H2. The van der Waals surface area contributed by atoms with Crippen LogP contribution in [0.4, 0.5) is 4.39 Å². The van der Waals surface area contributed by atoms with E-state index in [0.29, 0.717) is 24.2 Å². The number of likely N-dealkylation sites (tertiary alicyclic amines) is 1. The zero-order chi connectivity index (χ0) is 19.8. The number of hydrogen-bond donors (Lipinski definition) is 2. The lowest BCUT2D eigenvalue weighted by Gasteiger charge is -2.19. The van der Waals surface area contributed by atoms with E-state index in [-0.39, 0.29) is 23.6 Å². The molecule has 2 fully saturated rings. The van der Waals surface area contributed by atoms with Gasteiger partial charge in [0, 0.05) is 49.1 Å². The number of para-hydroxylation sites is 1. The summed E-state index contributed by atoms with van der Waals surface area (Å²) in [5.74, 6) is 0.0825. The molecule has 0 spiro atoms. The lowest BCUT2D eigenvalue weighted by Crippen LogP contribution is -2.29. The lowest BCUT2D eigenvalue weighted by atomic mass is 9.98. The molecule has 1 amide bonds. The van der Waals surface area contributed by atoms with Crippen LogP contribution in [0.5, 0.6) is 0 Å². The minimum atomic E-state index is -0.190. The van der Waals surface area contributed by atoms with Crippen molar-refractivity contribution < 1.29 is 9.18 Å². The molecule has 29 heavy (non-hydrogen) atoms. The fourth-order valence-corrected chi connectivity index (χ4v) is 4.43. The molecule has 3 heterocycles. The van der Waals surface area contributed by atoms with Crippen LogP contribution in [-0.4, -0.2) is 42.0 Å². The topological polar surface area (TPSA) is 57.3 Å². The van der Waals surface area contributed by atoms with E-state index in [2.05, 4.69) is 10.9 Å². The normalized spacial score (nSPS) is 19.9. The Bertz CT molecular complexity index is 1060. The van der Waals surface area contributed by atoms with Crippen LogP contribution < -0.4 is 10.9 Å². The Morgan fingerprint density at radius 3 is 2.62 bits per heavy atom. The number of carbonyl (C=O) groups is 1. The SMILES string of the molecule is O=C(c1cc(C2CNNC2)nc2ccccc12)N1CCC(c2ccccc2F)C1. The highest BCUT2D eigenvalue weighted by molar-refractivity contribution is 6.06. The van der Waals surface area contributed by atoms with Crippen LogP contribution >= 0.6 is 0 Å². The molecular weight excluding hydrogens is 367 g/mol. The van der Waals surface area contributed by atoms with E-state index >= 15 is 0 Å². The second-order valence-electron chi connectivity index (χ2n) is 7.83. The minimum Gasteiger partial charge on any atom is -0.338 e. The maximum absolute atomic E-state index is 14.2. The molecular formula is C23H23FN4O. The molecule has 6 heteroatoms. The summed E-state index contributed by atoms with van der Waals surface area (Å²) in [4.78, 5) is 20.1. The van der Waals surface area contributed by atoms with E-state index in [0.717, 1.165) is 36.1 Å². The molecule has 5 nitrogen and oxygen atoms in total. The zero-order valence-corrected chi connectivity index (χ0v) is 16.1. The van der Waals surface area contributed by atoms with Gasteiger partial charge in [-0.1, -0.05) is 36.4 Å². The van der Waals surface area contributed by atoms with Gasteiger partial charge in [0.1, 0.15) is 5.82 Å². The second-order valence-corrected chi connectivity index (χ2v) is 7.83. The smallest absolute Gasteiger partial charge is 0.254 e. The predicted molar refractivity (Wildman–Crippen MR) is 110 cm³/mol. The van der Waals surface area contributed by atoms with Crippen molar-refractivity contribution in [1.29, 1.82) is 0 Å². The van der Waals surface area contributed by atoms with Gasteiger partial charge in [0.05, 0.1) is 11.1 Å². The molecule has 5 rings (SSSR count). The van der Waals surface area contributed by atoms with Crippen molar-refractivity contribution in [2.75, 3.05) is 26.2 Å². The van der Waals surface area contributed by atoms with Gasteiger partial charge in [0.25, 0.3) is 5.91 Å². The summed E-state index contributed by atoms with van der Waals surface area (Å²) >= 11 is 0. The summed E-state index contributed by atoms with van der Waals surface area (Å²) in [5.41, 5.74) is 9.41. The van der Waals surface area contributed by atoms with Crippen LogP contribution in [0, 0.1) is 5.82 Å². The van der Waals surface area contributed by atoms with E-state index in [4.69, 9.17) is 4.98 Å². The predicted octanol–water partition coefficient (Wildman–Crippen LogP) is 3.20. The molecule has 0 saturated carbocycles. The number of nitrogens with zero attached hydrogens (tertiary/aromatic N) is 2.